The van der Waals surface area contributed by atoms with E-state index in [1.165, 1.54) is 25.3 Å². The van der Waals surface area contributed by atoms with Crippen molar-refractivity contribution in [2.75, 3.05) is 12.4 Å². The van der Waals surface area contributed by atoms with Gasteiger partial charge in [-0.25, -0.2) is 4.79 Å². The molecule has 0 heterocycles. The van der Waals surface area contributed by atoms with Gasteiger partial charge >= 0.3 is 6.03 Å². The largest absolute Gasteiger partial charge is 0.495 e. The zero-order chi connectivity index (χ0) is 14.5. The number of anilines is 1. The first kappa shape index (κ1) is 13.9. The van der Waals surface area contributed by atoms with Gasteiger partial charge in [0.15, 0.2) is 0 Å². The Labute approximate surface area is 115 Å². The zero-order valence-corrected chi connectivity index (χ0v) is 11.0. The van der Waals surface area contributed by atoms with Gasteiger partial charge in [0.25, 0.3) is 5.69 Å². The summed E-state index contributed by atoms with van der Waals surface area (Å²) < 4.78 is 5.05. The van der Waals surface area contributed by atoms with Crippen molar-refractivity contribution in [3.05, 3.63) is 40.6 Å². The van der Waals surface area contributed by atoms with Crippen molar-refractivity contribution in [2.45, 2.75) is 12.8 Å². The lowest BCUT2D eigenvalue weighted by atomic mass is 10.2. The van der Waals surface area contributed by atoms with Crippen LogP contribution in [-0.2, 0) is 0 Å². The van der Waals surface area contributed by atoms with Crippen LogP contribution in [0.2, 0.25) is 0 Å². The number of carbonyl (C=O) groups excluding carboxylic acids is 1. The summed E-state index contributed by atoms with van der Waals surface area (Å²) in [6, 6.07) is 3.53. The summed E-state index contributed by atoms with van der Waals surface area (Å²) in [6.07, 6.45) is 5.80. The monoisotopic (exact) mass is 277 g/mol. The molecule has 1 aromatic rings. The van der Waals surface area contributed by atoms with Gasteiger partial charge in [-0.15, -0.1) is 0 Å². The van der Waals surface area contributed by atoms with E-state index in [0.29, 0.717) is 11.7 Å². The third-order valence-corrected chi connectivity index (χ3v) is 2.85. The van der Waals surface area contributed by atoms with E-state index in [0.717, 1.165) is 12.8 Å². The molecular weight excluding hydrogens is 262 g/mol. The molecule has 0 aliphatic heterocycles. The Bertz CT molecular complexity index is 553. The van der Waals surface area contributed by atoms with E-state index >= 15 is 0 Å². The van der Waals surface area contributed by atoms with E-state index in [9.17, 15) is 14.9 Å². The van der Waals surface area contributed by atoms with E-state index in [-0.39, 0.29) is 11.4 Å². The van der Waals surface area contributed by atoms with Crippen LogP contribution in [0.5, 0.6) is 5.75 Å². The number of hydrogen-bond donors (Lipinski definition) is 2. The molecular formula is C13H15N3O4. The molecule has 0 spiro atoms. The number of amides is 2. The Hall–Kier alpha value is -2.57. The standard InChI is InChI=1S/C13H15N3O4/c1-20-12-5-4-10(16(18)19)8-11(12)15-13(17)14-7-6-9-2-3-9/h4-9H,2-3H2,1H3,(H2,14,15,17)/b7-6+. The average Bonchev–Trinajstić information content (AvgIpc) is 3.22. The maximum Gasteiger partial charge on any atom is 0.323 e. The lowest BCUT2D eigenvalue weighted by molar-refractivity contribution is -0.384. The second kappa shape index (κ2) is 6.05. The van der Waals surface area contributed by atoms with Crippen molar-refractivity contribution in [2.24, 2.45) is 5.92 Å². The number of nitrogens with zero attached hydrogens (tertiary/aromatic N) is 1. The number of carbonyl (C=O) groups is 1. The molecule has 0 bridgehead atoms. The van der Waals surface area contributed by atoms with Gasteiger partial charge in [0.2, 0.25) is 0 Å². The summed E-state index contributed by atoms with van der Waals surface area (Å²) in [6.45, 7) is 0. The number of non-ortho nitro benzene ring substituents is 1. The fourth-order valence-electron chi connectivity index (χ4n) is 1.61. The molecule has 0 saturated heterocycles. The number of nitrogens with one attached hydrogen (secondary N) is 2. The topological polar surface area (TPSA) is 93.5 Å². The third kappa shape index (κ3) is 3.71. The Morgan fingerprint density at radius 3 is 2.85 bits per heavy atom. The fraction of sp³-hybridized carbons (Fsp3) is 0.308. The number of nitro groups is 1. The van der Waals surface area contributed by atoms with Crippen molar-refractivity contribution in [1.82, 2.24) is 5.32 Å². The Morgan fingerprint density at radius 1 is 1.50 bits per heavy atom. The Morgan fingerprint density at radius 2 is 2.25 bits per heavy atom. The number of benzene rings is 1. The molecule has 2 N–H and O–H groups in total. The summed E-state index contributed by atoms with van der Waals surface area (Å²) in [5.41, 5.74) is 0.133. The molecule has 1 aromatic carbocycles. The smallest absolute Gasteiger partial charge is 0.323 e. The number of allylic oxidation sites excluding steroid dienone is 1. The molecule has 0 aromatic heterocycles. The first-order valence-corrected chi connectivity index (χ1v) is 6.17. The van der Waals surface area contributed by atoms with Crippen LogP contribution < -0.4 is 15.4 Å². The molecule has 7 heteroatoms. The Balaban J connectivity index is 2.03. The van der Waals surface area contributed by atoms with Crippen LogP contribution >= 0.6 is 0 Å². The predicted molar refractivity (Wildman–Crippen MR) is 73.7 cm³/mol. The molecule has 1 fully saturated rings. The summed E-state index contributed by atoms with van der Waals surface area (Å²) in [5.74, 6) is 0.916. The van der Waals surface area contributed by atoms with Crippen LogP contribution in [0.15, 0.2) is 30.5 Å². The molecule has 0 unspecified atom stereocenters. The van der Waals surface area contributed by atoms with Gasteiger partial charge in [-0.1, -0.05) is 6.08 Å². The quantitative estimate of drug-likeness (QED) is 0.639. The van der Waals surface area contributed by atoms with Gasteiger partial charge in [0, 0.05) is 18.3 Å². The van der Waals surface area contributed by atoms with Crippen LogP contribution in [0.3, 0.4) is 0 Å². The molecule has 0 atom stereocenters. The second-order valence-corrected chi connectivity index (χ2v) is 4.44. The predicted octanol–water partition coefficient (Wildman–Crippen LogP) is 2.65. The van der Waals surface area contributed by atoms with Gasteiger partial charge < -0.3 is 15.4 Å². The lowest BCUT2D eigenvalue weighted by Gasteiger charge is -2.09. The normalized spacial score (nSPS) is 14.1. The number of hydrogen-bond acceptors (Lipinski definition) is 4. The molecule has 1 saturated carbocycles. The lowest BCUT2D eigenvalue weighted by Crippen LogP contribution is -2.24. The van der Waals surface area contributed by atoms with Crippen LogP contribution in [0.4, 0.5) is 16.2 Å². The van der Waals surface area contributed by atoms with E-state index in [2.05, 4.69) is 10.6 Å². The number of methoxy groups -OCH3 is 1. The third-order valence-electron chi connectivity index (χ3n) is 2.85. The van der Waals surface area contributed by atoms with Crippen molar-refractivity contribution in [1.29, 1.82) is 0 Å². The summed E-state index contributed by atoms with van der Waals surface area (Å²) in [4.78, 5) is 21.9. The van der Waals surface area contributed by atoms with Crippen LogP contribution in [-0.4, -0.2) is 18.1 Å². The zero-order valence-electron chi connectivity index (χ0n) is 11.0. The van der Waals surface area contributed by atoms with E-state index in [4.69, 9.17) is 4.74 Å². The van der Waals surface area contributed by atoms with E-state index < -0.39 is 11.0 Å². The van der Waals surface area contributed by atoms with Gasteiger partial charge in [-0.2, -0.15) is 0 Å². The molecule has 106 valence electrons. The Kier molecular flexibility index (Phi) is 4.19. The van der Waals surface area contributed by atoms with Crippen molar-refractivity contribution < 1.29 is 14.5 Å². The first-order valence-electron chi connectivity index (χ1n) is 6.17. The molecule has 1 aliphatic rings. The highest BCUT2D eigenvalue weighted by Crippen LogP contribution is 2.30. The molecule has 1 aliphatic carbocycles. The minimum absolute atomic E-state index is 0.116. The SMILES string of the molecule is COc1ccc([N+](=O)[O-])cc1NC(=O)N/C=C/C1CC1. The van der Waals surface area contributed by atoms with Gasteiger partial charge in [0.1, 0.15) is 5.75 Å². The van der Waals surface area contributed by atoms with Gasteiger partial charge in [0.05, 0.1) is 17.7 Å². The first-order chi connectivity index (χ1) is 9.60. The fourth-order valence-corrected chi connectivity index (χ4v) is 1.61. The minimum atomic E-state index is -0.532. The number of urea groups is 1. The second-order valence-electron chi connectivity index (χ2n) is 4.44. The van der Waals surface area contributed by atoms with Crippen molar-refractivity contribution in [3.8, 4) is 5.75 Å². The molecule has 7 nitrogen and oxygen atoms in total. The van der Waals surface area contributed by atoms with Crippen LogP contribution in [0.1, 0.15) is 12.8 Å². The van der Waals surface area contributed by atoms with Gasteiger partial charge in [-0.05, 0) is 24.8 Å². The maximum absolute atomic E-state index is 11.7. The highest BCUT2D eigenvalue weighted by atomic mass is 16.6. The summed E-state index contributed by atoms with van der Waals surface area (Å²) in [5, 5.41) is 15.8. The summed E-state index contributed by atoms with van der Waals surface area (Å²) >= 11 is 0. The van der Waals surface area contributed by atoms with E-state index in [1.807, 2.05) is 6.08 Å². The molecule has 20 heavy (non-hydrogen) atoms. The molecule has 2 rings (SSSR count). The molecule has 2 amide bonds. The number of ether oxygens (including phenoxy) is 1. The van der Waals surface area contributed by atoms with Gasteiger partial charge in [-0.3, -0.25) is 10.1 Å². The van der Waals surface area contributed by atoms with E-state index in [1.54, 1.807) is 6.20 Å². The number of nitro benzene ring substituents is 1. The number of rotatable bonds is 5. The van der Waals surface area contributed by atoms with Crippen molar-refractivity contribution >= 4 is 17.4 Å². The van der Waals surface area contributed by atoms with Crippen LogP contribution in [0.25, 0.3) is 0 Å². The van der Waals surface area contributed by atoms with Crippen LogP contribution in [0, 0.1) is 16.0 Å². The summed E-state index contributed by atoms with van der Waals surface area (Å²) in [7, 11) is 1.43. The minimum Gasteiger partial charge on any atom is -0.495 e. The highest BCUT2D eigenvalue weighted by molar-refractivity contribution is 5.92. The van der Waals surface area contributed by atoms with Crippen molar-refractivity contribution in [3.63, 3.8) is 0 Å². The average molecular weight is 277 g/mol. The highest BCUT2D eigenvalue weighted by Gasteiger charge is 2.17. The molecule has 0 radical (unpaired) electrons. The maximum atomic E-state index is 11.7.